The molecule has 1 N–H and O–H groups in total. The highest BCUT2D eigenvalue weighted by Crippen LogP contribution is 2.30. The number of rotatable bonds is 5. The van der Waals surface area contributed by atoms with Crippen molar-refractivity contribution in [1.82, 2.24) is 9.80 Å². The van der Waals surface area contributed by atoms with Gasteiger partial charge in [0.2, 0.25) is 5.91 Å². The molecule has 1 aliphatic rings. The molecule has 0 saturated carbocycles. The molecule has 0 radical (unpaired) electrons. The van der Waals surface area contributed by atoms with E-state index in [0.717, 1.165) is 22.2 Å². The Balaban J connectivity index is 1.39. The van der Waals surface area contributed by atoms with Crippen molar-refractivity contribution in [2.45, 2.75) is 20.8 Å². The number of methoxy groups -OCH3 is 1. The molecule has 7 nitrogen and oxygen atoms in total. The number of nitrogens with one attached hydrogen (secondary N) is 1. The molecule has 2 heterocycles. The molecule has 0 atom stereocenters. The molecule has 0 spiro atoms. The number of hydrogen-bond donors (Lipinski definition) is 1. The van der Waals surface area contributed by atoms with E-state index in [4.69, 9.17) is 9.15 Å². The van der Waals surface area contributed by atoms with Gasteiger partial charge in [0, 0.05) is 37.3 Å². The fraction of sp³-hybridized carbons (Fsp3) is 0.360. The average Bonchev–Trinajstić information content (AvgIpc) is 3.11. The third-order valence-electron chi connectivity index (χ3n) is 6.06. The van der Waals surface area contributed by atoms with Crippen LogP contribution in [0.2, 0.25) is 0 Å². The van der Waals surface area contributed by atoms with Gasteiger partial charge >= 0.3 is 0 Å². The lowest BCUT2D eigenvalue weighted by atomic mass is 10.1. The fourth-order valence-corrected chi connectivity index (χ4v) is 4.25. The highest BCUT2D eigenvalue weighted by atomic mass is 16.5. The molecule has 4 rings (SSSR count). The number of hydrogen-bond acceptors (Lipinski definition) is 5. The number of piperazine rings is 1. The third-order valence-corrected chi connectivity index (χ3v) is 6.06. The summed E-state index contributed by atoms with van der Waals surface area (Å²) in [7, 11) is 1.60. The summed E-state index contributed by atoms with van der Waals surface area (Å²) in [4.78, 5) is 29.8. The number of fused-ring (bicyclic) bond motifs is 1. The van der Waals surface area contributed by atoms with Gasteiger partial charge in [-0.3, -0.25) is 14.5 Å². The van der Waals surface area contributed by atoms with Crippen LogP contribution in [-0.4, -0.2) is 61.4 Å². The predicted octanol–water partition coefficient (Wildman–Crippen LogP) is 3.76. The van der Waals surface area contributed by atoms with E-state index in [9.17, 15) is 9.59 Å². The zero-order valence-corrected chi connectivity index (χ0v) is 19.0. The monoisotopic (exact) mass is 435 g/mol. The van der Waals surface area contributed by atoms with Crippen LogP contribution in [0.4, 0.5) is 5.69 Å². The number of amides is 2. The van der Waals surface area contributed by atoms with Crippen molar-refractivity contribution >= 4 is 28.5 Å². The average molecular weight is 436 g/mol. The minimum absolute atomic E-state index is 0.0362. The Hall–Kier alpha value is -3.32. The van der Waals surface area contributed by atoms with Gasteiger partial charge in [-0.1, -0.05) is 18.2 Å². The molecule has 7 heteroatoms. The number of aryl methyl sites for hydroxylation is 3. The van der Waals surface area contributed by atoms with Crippen LogP contribution in [0.25, 0.3) is 11.0 Å². The first-order valence-corrected chi connectivity index (χ1v) is 10.8. The zero-order valence-electron chi connectivity index (χ0n) is 19.0. The van der Waals surface area contributed by atoms with Crippen molar-refractivity contribution in [2.75, 3.05) is 45.2 Å². The Morgan fingerprint density at radius 1 is 1.03 bits per heavy atom. The normalized spacial score (nSPS) is 14.6. The molecule has 2 amide bonds. The van der Waals surface area contributed by atoms with E-state index in [1.807, 2.05) is 62.1 Å². The first-order chi connectivity index (χ1) is 15.4. The summed E-state index contributed by atoms with van der Waals surface area (Å²) in [5.41, 5.74) is 4.24. The number of furan rings is 1. The minimum Gasteiger partial charge on any atom is -0.497 e. The van der Waals surface area contributed by atoms with Crippen LogP contribution in [0.15, 0.2) is 40.8 Å². The van der Waals surface area contributed by atoms with Crippen LogP contribution < -0.4 is 10.1 Å². The van der Waals surface area contributed by atoms with Crippen LogP contribution in [0, 0.1) is 20.8 Å². The highest BCUT2D eigenvalue weighted by molar-refractivity contribution is 6.07. The Bertz CT molecular complexity index is 1140. The number of nitrogens with zero attached hydrogens (tertiary/aromatic N) is 2. The summed E-state index contributed by atoms with van der Waals surface area (Å²) < 4.78 is 11.1. The number of carbonyl (C=O) groups excluding carboxylic acids is 2. The van der Waals surface area contributed by atoms with Gasteiger partial charge in [-0.2, -0.15) is 0 Å². The lowest BCUT2D eigenvalue weighted by Gasteiger charge is -2.34. The van der Waals surface area contributed by atoms with Crippen LogP contribution in [-0.2, 0) is 4.79 Å². The van der Waals surface area contributed by atoms with Gasteiger partial charge in [0.1, 0.15) is 17.1 Å². The summed E-state index contributed by atoms with van der Waals surface area (Å²) in [5.74, 6) is 1.21. The van der Waals surface area contributed by atoms with Crippen molar-refractivity contribution in [3.63, 3.8) is 0 Å². The minimum atomic E-state index is -0.0471. The molecular formula is C25H29N3O4. The van der Waals surface area contributed by atoms with Crippen molar-refractivity contribution in [3.8, 4) is 5.75 Å². The van der Waals surface area contributed by atoms with Crippen LogP contribution in [0.5, 0.6) is 5.75 Å². The van der Waals surface area contributed by atoms with Crippen molar-refractivity contribution in [1.29, 1.82) is 0 Å². The van der Waals surface area contributed by atoms with E-state index >= 15 is 0 Å². The standard InChI is InChI=1S/C25H29N3O4/c1-16-6-5-7-17(2)24(16)26-22(29)15-27-10-12-28(13-11-27)25(30)23-18(3)32-21-9-8-19(31-4)14-20(21)23/h5-9,14H,10-13,15H2,1-4H3,(H,26,29). The molecular weight excluding hydrogens is 406 g/mol. The van der Waals surface area contributed by atoms with Gasteiger partial charge in [-0.25, -0.2) is 0 Å². The first kappa shape index (κ1) is 21.9. The summed E-state index contributed by atoms with van der Waals surface area (Å²) >= 11 is 0. The topological polar surface area (TPSA) is 75.0 Å². The van der Waals surface area contributed by atoms with Crippen LogP contribution in [0.1, 0.15) is 27.2 Å². The van der Waals surface area contributed by atoms with Crippen molar-refractivity contribution in [2.24, 2.45) is 0 Å². The molecule has 32 heavy (non-hydrogen) atoms. The van der Waals surface area contributed by atoms with Gasteiger partial charge < -0.3 is 19.4 Å². The molecule has 0 bridgehead atoms. The summed E-state index contributed by atoms with van der Waals surface area (Å²) in [6, 6.07) is 11.4. The third kappa shape index (κ3) is 4.34. The predicted molar refractivity (Wildman–Crippen MR) is 124 cm³/mol. The summed E-state index contributed by atoms with van der Waals surface area (Å²) in [6.07, 6.45) is 0. The molecule has 1 aliphatic heterocycles. The second kappa shape index (κ2) is 9.04. The quantitative estimate of drug-likeness (QED) is 0.660. The molecule has 168 valence electrons. The summed E-state index contributed by atoms with van der Waals surface area (Å²) in [5, 5.41) is 3.80. The number of ether oxygens (including phenoxy) is 1. The van der Waals surface area contributed by atoms with Crippen molar-refractivity contribution in [3.05, 3.63) is 58.8 Å². The van der Waals surface area contributed by atoms with Crippen molar-refractivity contribution < 1.29 is 18.7 Å². The molecule has 1 aromatic heterocycles. The molecule has 0 unspecified atom stereocenters. The Morgan fingerprint density at radius 3 is 2.38 bits per heavy atom. The Morgan fingerprint density at radius 2 is 1.72 bits per heavy atom. The van der Waals surface area contributed by atoms with Gasteiger partial charge in [-0.15, -0.1) is 0 Å². The molecule has 0 aliphatic carbocycles. The highest BCUT2D eigenvalue weighted by Gasteiger charge is 2.27. The fourth-order valence-electron chi connectivity index (χ4n) is 4.25. The second-order valence-corrected chi connectivity index (χ2v) is 8.28. The number of benzene rings is 2. The SMILES string of the molecule is COc1ccc2oc(C)c(C(=O)N3CCN(CC(=O)Nc4c(C)cccc4C)CC3)c2c1. The van der Waals surface area contributed by atoms with Gasteiger partial charge in [0.05, 0.1) is 19.2 Å². The van der Waals surface area contributed by atoms with E-state index in [1.165, 1.54) is 0 Å². The van der Waals surface area contributed by atoms with E-state index in [-0.39, 0.29) is 11.8 Å². The zero-order chi connectivity index (χ0) is 22.8. The van der Waals surface area contributed by atoms with Gasteiger partial charge in [0.15, 0.2) is 0 Å². The maximum Gasteiger partial charge on any atom is 0.258 e. The Kier molecular flexibility index (Phi) is 6.19. The van der Waals surface area contributed by atoms with E-state index in [2.05, 4.69) is 10.2 Å². The van der Waals surface area contributed by atoms with Gasteiger partial charge in [-0.05, 0) is 50.1 Å². The van der Waals surface area contributed by atoms with Crippen LogP contribution >= 0.6 is 0 Å². The van der Waals surface area contributed by atoms with Crippen LogP contribution in [0.3, 0.4) is 0 Å². The van der Waals surface area contributed by atoms with Gasteiger partial charge in [0.25, 0.3) is 5.91 Å². The largest absolute Gasteiger partial charge is 0.497 e. The first-order valence-electron chi connectivity index (χ1n) is 10.8. The van der Waals surface area contributed by atoms with E-state index in [1.54, 1.807) is 7.11 Å². The number of anilines is 1. The Labute approximate surface area is 187 Å². The molecule has 3 aromatic rings. The molecule has 2 aromatic carbocycles. The summed E-state index contributed by atoms with van der Waals surface area (Å²) in [6.45, 7) is 8.51. The lowest BCUT2D eigenvalue weighted by Crippen LogP contribution is -2.50. The smallest absolute Gasteiger partial charge is 0.258 e. The maximum absolute atomic E-state index is 13.3. The molecule has 1 fully saturated rings. The number of carbonyl (C=O) groups is 2. The lowest BCUT2D eigenvalue weighted by molar-refractivity contribution is -0.117. The van der Waals surface area contributed by atoms with E-state index < -0.39 is 0 Å². The second-order valence-electron chi connectivity index (χ2n) is 8.28. The molecule has 1 saturated heterocycles. The van der Waals surface area contributed by atoms with E-state index in [0.29, 0.717) is 55.4 Å². The maximum atomic E-state index is 13.3. The number of para-hydroxylation sites is 1.